The van der Waals surface area contributed by atoms with Gasteiger partial charge < -0.3 is 14.6 Å². The summed E-state index contributed by atoms with van der Waals surface area (Å²) in [5.41, 5.74) is 1.33. The highest BCUT2D eigenvalue weighted by Crippen LogP contribution is 2.43. The first-order chi connectivity index (χ1) is 17.2. The zero-order chi connectivity index (χ0) is 26.0. The van der Waals surface area contributed by atoms with Crippen LogP contribution in [0.3, 0.4) is 0 Å². The van der Waals surface area contributed by atoms with E-state index in [0.29, 0.717) is 35.3 Å². The second kappa shape index (κ2) is 10.2. The van der Waals surface area contributed by atoms with E-state index < -0.39 is 23.5 Å². The number of aliphatic hydroxyl groups excluding tert-OH is 1. The van der Waals surface area contributed by atoms with Crippen molar-refractivity contribution in [2.75, 3.05) is 18.6 Å². The fourth-order valence-corrected chi connectivity index (χ4v) is 4.22. The molecule has 1 saturated heterocycles. The van der Waals surface area contributed by atoms with Gasteiger partial charge in [-0.3, -0.25) is 14.5 Å². The number of halogens is 1. The van der Waals surface area contributed by atoms with Crippen LogP contribution in [0.4, 0.5) is 10.1 Å². The molecule has 186 valence electrons. The molecule has 3 aromatic carbocycles. The molecule has 7 heteroatoms. The van der Waals surface area contributed by atoms with Crippen LogP contribution in [-0.4, -0.2) is 30.5 Å². The van der Waals surface area contributed by atoms with Gasteiger partial charge in [0.1, 0.15) is 23.1 Å². The van der Waals surface area contributed by atoms with Crippen LogP contribution in [0.2, 0.25) is 0 Å². The number of anilines is 1. The van der Waals surface area contributed by atoms with Gasteiger partial charge in [0, 0.05) is 22.9 Å². The monoisotopic (exact) mass is 489 g/mol. The number of Topliss-reactive ketones (excluding diaryl/α,β-unsaturated/α-hetero) is 1. The smallest absolute Gasteiger partial charge is 0.300 e. The van der Waals surface area contributed by atoms with Gasteiger partial charge in [-0.2, -0.15) is 0 Å². The third kappa shape index (κ3) is 4.69. The molecular formula is C29H28FNO5. The summed E-state index contributed by atoms with van der Waals surface area (Å²) in [6.45, 7) is 6.44. The summed E-state index contributed by atoms with van der Waals surface area (Å²) in [5, 5.41) is 11.3. The Morgan fingerprint density at radius 1 is 1.06 bits per heavy atom. The van der Waals surface area contributed by atoms with E-state index in [1.165, 1.54) is 30.2 Å². The molecule has 1 aliphatic heterocycles. The molecule has 1 atom stereocenters. The highest BCUT2D eigenvalue weighted by Gasteiger charge is 2.47. The molecule has 0 radical (unpaired) electrons. The number of ether oxygens (including phenoxy) is 2. The summed E-state index contributed by atoms with van der Waals surface area (Å²) in [6.07, 6.45) is 0. The van der Waals surface area contributed by atoms with E-state index in [-0.39, 0.29) is 16.9 Å². The standard InChI is InChI=1S/C29H28FNO5/c1-17(2)16-36-24-13-12-19(14-18(24)3)27(32)25-26(22-10-5-6-11-23(22)30)31(29(34)28(25)33)20-8-7-9-21(15-20)35-4/h5-15,17,26,32H,16H2,1-4H3/b27-25+. The lowest BCUT2D eigenvalue weighted by atomic mass is 9.94. The van der Waals surface area contributed by atoms with E-state index in [9.17, 15) is 14.7 Å². The average Bonchev–Trinajstić information content (AvgIpc) is 3.13. The SMILES string of the molecule is COc1cccc(N2C(=O)C(=O)/C(=C(/O)c3ccc(OCC(C)C)c(C)c3)C2c2ccccc2F)c1. The number of aryl methyl sites for hydroxylation is 1. The average molecular weight is 490 g/mol. The number of carbonyl (C=O) groups excluding carboxylic acids is 2. The number of methoxy groups -OCH3 is 1. The molecule has 0 bridgehead atoms. The first-order valence-corrected chi connectivity index (χ1v) is 11.7. The maximum absolute atomic E-state index is 15.0. The molecule has 1 unspecified atom stereocenters. The second-order valence-electron chi connectivity index (χ2n) is 9.08. The molecule has 1 N–H and O–H groups in total. The van der Waals surface area contributed by atoms with E-state index in [2.05, 4.69) is 0 Å². The summed E-state index contributed by atoms with van der Waals surface area (Å²) < 4.78 is 26.1. The Morgan fingerprint density at radius 2 is 1.81 bits per heavy atom. The molecule has 6 nitrogen and oxygen atoms in total. The highest BCUT2D eigenvalue weighted by atomic mass is 19.1. The lowest BCUT2D eigenvalue weighted by Gasteiger charge is -2.26. The normalized spacial score (nSPS) is 17.1. The number of nitrogens with zero attached hydrogens (tertiary/aromatic N) is 1. The predicted molar refractivity (Wildman–Crippen MR) is 136 cm³/mol. The van der Waals surface area contributed by atoms with Crippen LogP contribution in [0.25, 0.3) is 5.76 Å². The second-order valence-corrected chi connectivity index (χ2v) is 9.08. The van der Waals surface area contributed by atoms with E-state index in [1.807, 2.05) is 20.8 Å². The number of benzene rings is 3. The topological polar surface area (TPSA) is 76.1 Å². The molecule has 36 heavy (non-hydrogen) atoms. The zero-order valence-corrected chi connectivity index (χ0v) is 20.6. The van der Waals surface area contributed by atoms with Crippen LogP contribution in [-0.2, 0) is 9.59 Å². The number of hydrogen-bond donors (Lipinski definition) is 1. The van der Waals surface area contributed by atoms with Crippen LogP contribution < -0.4 is 14.4 Å². The molecular weight excluding hydrogens is 461 g/mol. The van der Waals surface area contributed by atoms with Crippen LogP contribution in [0.15, 0.2) is 72.3 Å². The number of aliphatic hydroxyl groups is 1. The number of amides is 1. The molecule has 1 fully saturated rings. The maximum atomic E-state index is 15.0. The van der Waals surface area contributed by atoms with Gasteiger partial charge in [-0.15, -0.1) is 0 Å². The van der Waals surface area contributed by atoms with Gasteiger partial charge in [-0.25, -0.2) is 4.39 Å². The Kier molecular flexibility index (Phi) is 7.10. The Labute approximate surface area is 209 Å². The van der Waals surface area contributed by atoms with Crippen molar-refractivity contribution in [2.45, 2.75) is 26.8 Å². The third-order valence-corrected chi connectivity index (χ3v) is 6.00. The van der Waals surface area contributed by atoms with Gasteiger partial charge in [0.25, 0.3) is 11.7 Å². The molecule has 1 amide bonds. The Hall–Kier alpha value is -4.13. The van der Waals surface area contributed by atoms with Crippen LogP contribution >= 0.6 is 0 Å². The van der Waals surface area contributed by atoms with Crippen molar-refractivity contribution >= 4 is 23.1 Å². The third-order valence-electron chi connectivity index (χ3n) is 6.00. The quantitative estimate of drug-likeness (QED) is 0.258. The van der Waals surface area contributed by atoms with Crippen molar-refractivity contribution in [3.63, 3.8) is 0 Å². The molecule has 0 aromatic heterocycles. The molecule has 0 saturated carbocycles. The minimum absolute atomic E-state index is 0.0923. The summed E-state index contributed by atoms with van der Waals surface area (Å²) in [7, 11) is 1.48. The number of carbonyl (C=O) groups is 2. The van der Waals surface area contributed by atoms with E-state index in [0.717, 1.165) is 5.56 Å². The summed E-state index contributed by atoms with van der Waals surface area (Å²) in [5.74, 6) is -1.29. The van der Waals surface area contributed by atoms with E-state index in [1.54, 1.807) is 48.5 Å². The van der Waals surface area contributed by atoms with Crippen LogP contribution in [0, 0.1) is 18.7 Å². The number of ketones is 1. The Bertz CT molecular complexity index is 1350. The summed E-state index contributed by atoms with van der Waals surface area (Å²) >= 11 is 0. The molecule has 4 rings (SSSR count). The van der Waals surface area contributed by atoms with Gasteiger partial charge in [0.15, 0.2) is 0 Å². The number of rotatable bonds is 7. The highest BCUT2D eigenvalue weighted by molar-refractivity contribution is 6.51. The Balaban J connectivity index is 1.87. The summed E-state index contributed by atoms with van der Waals surface area (Å²) in [4.78, 5) is 27.8. The fourth-order valence-electron chi connectivity index (χ4n) is 4.22. The predicted octanol–water partition coefficient (Wildman–Crippen LogP) is 5.80. The van der Waals surface area contributed by atoms with Gasteiger partial charge in [-0.05, 0) is 54.8 Å². The van der Waals surface area contributed by atoms with Gasteiger partial charge in [0.2, 0.25) is 0 Å². The van der Waals surface area contributed by atoms with Crippen molar-refractivity contribution in [3.05, 3.63) is 94.8 Å². The van der Waals surface area contributed by atoms with Crippen molar-refractivity contribution in [1.82, 2.24) is 0 Å². The number of hydrogen-bond acceptors (Lipinski definition) is 5. The van der Waals surface area contributed by atoms with Crippen LogP contribution in [0.5, 0.6) is 11.5 Å². The van der Waals surface area contributed by atoms with Crippen molar-refractivity contribution < 1.29 is 28.6 Å². The van der Waals surface area contributed by atoms with Crippen molar-refractivity contribution in [1.29, 1.82) is 0 Å². The lowest BCUT2D eigenvalue weighted by molar-refractivity contribution is -0.132. The van der Waals surface area contributed by atoms with E-state index >= 15 is 4.39 Å². The van der Waals surface area contributed by atoms with Crippen molar-refractivity contribution in [3.8, 4) is 11.5 Å². The maximum Gasteiger partial charge on any atom is 0.300 e. The zero-order valence-electron chi connectivity index (χ0n) is 20.6. The van der Waals surface area contributed by atoms with Gasteiger partial charge in [0.05, 0.1) is 25.3 Å². The lowest BCUT2D eigenvalue weighted by Crippen LogP contribution is -2.29. The first kappa shape index (κ1) is 25.0. The minimum Gasteiger partial charge on any atom is -0.507 e. The Morgan fingerprint density at radius 3 is 2.47 bits per heavy atom. The van der Waals surface area contributed by atoms with Crippen molar-refractivity contribution in [2.24, 2.45) is 5.92 Å². The van der Waals surface area contributed by atoms with Gasteiger partial charge >= 0.3 is 0 Å². The molecule has 0 aliphatic carbocycles. The largest absolute Gasteiger partial charge is 0.507 e. The molecule has 0 spiro atoms. The molecule has 1 aliphatic rings. The minimum atomic E-state index is -1.17. The summed E-state index contributed by atoms with van der Waals surface area (Å²) in [6, 6.07) is 16.3. The van der Waals surface area contributed by atoms with Crippen LogP contribution in [0.1, 0.15) is 36.6 Å². The first-order valence-electron chi connectivity index (χ1n) is 11.7. The van der Waals surface area contributed by atoms with E-state index in [4.69, 9.17) is 9.47 Å². The molecule has 3 aromatic rings. The molecule has 1 heterocycles. The fraction of sp³-hybridized carbons (Fsp3) is 0.241. The van der Waals surface area contributed by atoms with Gasteiger partial charge in [-0.1, -0.05) is 38.1 Å².